The summed E-state index contributed by atoms with van der Waals surface area (Å²) in [7, 11) is 1.67. The van der Waals surface area contributed by atoms with E-state index in [-0.39, 0.29) is 0 Å². The summed E-state index contributed by atoms with van der Waals surface area (Å²) in [5, 5.41) is 0. The minimum Gasteiger partial charge on any atom is -0.496 e. The van der Waals surface area contributed by atoms with E-state index in [9.17, 15) is 0 Å². The normalized spacial score (nSPS) is 10.9. The van der Waals surface area contributed by atoms with Gasteiger partial charge in [0.1, 0.15) is 5.75 Å². The Balaban J connectivity index is 3.28. The second-order valence-electron chi connectivity index (χ2n) is 3.27. The molecule has 0 bridgehead atoms. The Labute approximate surface area is 91.4 Å². The second-order valence-corrected chi connectivity index (χ2v) is 3.27. The van der Waals surface area contributed by atoms with Gasteiger partial charge >= 0.3 is 0 Å². The van der Waals surface area contributed by atoms with Gasteiger partial charge in [0, 0.05) is 5.56 Å². The molecule has 0 amide bonds. The SMILES string of the molecule is C=C/C=C(\C=C)c1ccc(C)cc1OC. The van der Waals surface area contributed by atoms with Crippen LogP contribution in [0.1, 0.15) is 11.1 Å². The van der Waals surface area contributed by atoms with Gasteiger partial charge in [-0.25, -0.2) is 0 Å². The fourth-order valence-electron chi connectivity index (χ4n) is 1.43. The number of rotatable bonds is 4. The van der Waals surface area contributed by atoms with Gasteiger partial charge in [-0.1, -0.05) is 43.5 Å². The van der Waals surface area contributed by atoms with E-state index in [0.29, 0.717) is 0 Å². The molecule has 1 aromatic rings. The molecule has 0 aliphatic carbocycles. The Hall–Kier alpha value is -1.76. The van der Waals surface area contributed by atoms with Crippen molar-refractivity contribution < 1.29 is 4.74 Å². The Morgan fingerprint density at radius 1 is 1.33 bits per heavy atom. The highest BCUT2D eigenvalue weighted by Gasteiger charge is 2.04. The Morgan fingerprint density at radius 3 is 2.60 bits per heavy atom. The van der Waals surface area contributed by atoms with Gasteiger partial charge in [0.2, 0.25) is 0 Å². The second kappa shape index (κ2) is 5.20. The van der Waals surface area contributed by atoms with Crippen molar-refractivity contribution in [1.82, 2.24) is 0 Å². The molecule has 1 aromatic carbocycles. The lowest BCUT2D eigenvalue weighted by Gasteiger charge is -2.09. The van der Waals surface area contributed by atoms with Crippen molar-refractivity contribution in [2.45, 2.75) is 6.92 Å². The molecule has 0 spiro atoms. The highest BCUT2D eigenvalue weighted by molar-refractivity contribution is 5.78. The number of benzene rings is 1. The molecule has 0 aromatic heterocycles. The summed E-state index contributed by atoms with van der Waals surface area (Å²) >= 11 is 0. The minimum atomic E-state index is 0.864. The quantitative estimate of drug-likeness (QED) is 0.672. The zero-order chi connectivity index (χ0) is 11.3. The zero-order valence-corrected chi connectivity index (χ0v) is 9.29. The number of aryl methyl sites for hydroxylation is 1. The number of allylic oxidation sites excluding steroid dienone is 4. The molecule has 0 N–H and O–H groups in total. The van der Waals surface area contributed by atoms with E-state index in [1.807, 2.05) is 25.1 Å². The largest absolute Gasteiger partial charge is 0.496 e. The maximum atomic E-state index is 5.33. The first-order valence-electron chi connectivity index (χ1n) is 4.83. The van der Waals surface area contributed by atoms with Gasteiger partial charge in [0.15, 0.2) is 0 Å². The summed E-state index contributed by atoms with van der Waals surface area (Å²) in [5.74, 6) is 0.864. The summed E-state index contributed by atoms with van der Waals surface area (Å²) in [6.07, 6.45) is 5.46. The summed E-state index contributed by atoms with van der Waals surface area (Å²) in [5.41, 5.74) is 3.23. The summed E-state index contributed by atoms with van der Waals surface area (Å²) in [6, 6.07) is 6.10. The third-order valence-electron chi connectivity index (χ3n) is 2.19. The molecule has 0 aliphatic rings. The molecule has 0 heterocycles. The molecular weight excluding hydrogens is 184 g/mol. The number of hydrogen-bond donors (Lipinski definition) is 0. The van der Waals surface area contributed by atoms with Crippen LogP contribution in [-0.4, -0.2) is 7.11 Å². The molecule has 78 valence electrons. The average Bonchev–Trinajstić information content (AvgIpc) is 2.26. The van der Waals surface area contributed by atoms with E-state index >= 15 is 0 Å². The van der Waals surface area contributed by atoms with E-state index in [4.69, 9.17) is 4.74 Å². The van der Waals surface area contributed by atoms with Gasteiger partial charge in [0.05, 0.1) is 7.11 Å². The van der Waals surface area contributed by atoms with E-state index < -0.39 is 0 Å². The van der Waals surface area contributed by atoms with Crippen LogP contribution in [0.15, 0.2) is 49.6 Å². The molecule has 0 saturated carbocycles. The lowest BCUT2D eigenvalue weighted by molar-refractivity contribution is 0.413. The first-order chi connectivity index (χ1) is 7.22. The maximum Gasteiger partial charge on any atom is 0.126 e. The topological polar surface area (TPSA) is 9.23 Å². The van der Waals surface area contributed by atoms with Gasteiger partial charge in [-0.15, -0.1) is 0 Å². The van der Waals surface area contributed by atoms with Crippen molar-refractivity contribution in [2.24, 2.45) is 0 Å². The van der Waals surface area contributed by atoms with Crippen LogP contribution in [0.3, 0.4) is 0 Å². The van der Waals surface area contributed by atoms with Crippen LogP contribution >= 0.6 is 0 Å². The van der Waals surface area contributed by atoms with Crippen LogP contribution in [0, 0.1) is 6.92 Å². The Bertz CT molecular complexity index is 400. The Morgan fingerprint density at radius 2 is 2.07 bits per heavy atom. The number of methoxy groups -OCH3 is 1. The summed E-state index contributed by atoms with van der Waals surface area (Å²) in [4.78, 5) is 0. The van der Waals surface area contributed by atoms with Crippen molar-refractivity contribution in [1.29, 1.82) is 0 Å². The minimum absolute atomic E-state index is 0.864. The van der Waals surface area contributed by atoms with Gasteiger partial charge in [-0.05, 0) is 24.1 Å². The molecule has 0 saturated heterocycles. The molecule has 0 radical (unpaired) electrons. The standard InChI is InChI=1S/C14H16O/c1-5-7-12(6-2)13-9-8-11(3)10-14(13)15-4/h5-10H,1-2H2,3-4H3/b12-7+. The molecule has 1 rings (SSSR count). The van der Waals surface area contributed by atoms with Crippen molar-refractivity contribution in [2.75, 3.05) is 7.11 Å². The molecule has 15 heavy (non-hydrogen) atoms. The Kier molecular flexibility index (Phi) is 3.92. The molecular formula is C14H16O. The van der Waals surface area contributed by atoms with Gasteiger partial charge in [-0.2, -0.15) is 0 Å². The van der Waals surface area contributed by atoms with E-state index in [1.54, 1.807) is 19.3 Å². The molecule has 1 nitrogen and oxygen atoms in total. The molecule has 0 fully saturated rings. The van der Waals surface area contributed by atoms with Crippen molar-refractivity contribution in [3.63, 3.8) is 0 Å². The molecule has 0 unspecified atom stereocenters. The predicted octanol–water partition coefficient (Wildman–Crippen LogP) is 3.76. The molecule has 0 aliphatic heterocycles. The van der Waals surface area contributed by atoms with Crippen LogP contribution in [0.4, 0.5) is 0 Å². The molecule has 1 heteroatoms. The smallest absolute Gasteiger partial charge is 0.126 e. The predicted molar refractivity (Wildman–Crippen MR) is 66.1 cm³/mol. The third kappa shape index (κ3) is 2.59. The first-order valence-corrected chi connectivity index (χ1v) is 4.83. The van der Waals surface area contributed by atoms with Crippen LogP contribution in [0.5, 0.6) is 5.75 Å². The molecule has 0 atom stereocenters. The number of ether oxygens (including phenoxy) is 1. The zero-order valence-electron chi connectivity index (χ0n) is 9.29. The van der Waals surface area contributed by atoms with E-state index in [1.165, 1.54) is 5.56 Å². The van der Waals surface area contributed by atoms with Crippen LogP contribution in [0.25, 0.3) is 5.57 Å². The summed E-state index contributed by atoms with van der Waals surface area (Å²) in [6.45, 7) is 9.50. The highest BCUT2D eigenvalue weighted by atomic mass is 16.5. The highest BCUT2D eigenvalue weighted by Crippen LogP contribution is 2.27. The van der Waals surface area contributed by atoms with Gasteiger partial charge in [0.25, 0.3) is 0 Å². The van der Waals surface area contributed by atoms with Gasteiger partial charge in [-0.3, -0.25) is 0 Å². The van der Waals surface area contributed by atoms with Crippen molar-refractivity contribution in [3.8, 4) is 5.75 Å². The fraction of sp³-hybridized carbons (Fsp3) is 0.143. The maximum absolute atomic E-state index is 5.33. The van der Waals surface area contributed by atoms with Gasteiger partial charge < -0.3 is 4.74 Å². The van der Waals surface area contributed by atoms with Crippen molar-refractivity contribution in [3.05, 3.63) is 60.7 Å². The van der Waals surface area contributed by atoms with Crippen LogP contribution < -0.4 is 4.74 Å². The summed E-state index contributed by atoms with van der Waals surface area (Å²) < 4.78 is 5.33. The monoisotopic (exact) mass is 200 g/mol. The lowest BCUT2D eigenvalue weighted by Crippen LogP contribution is -1.91. The van der Waals surface area contributed by atoms with Crippen LogP contribution in [0.2, 0.25) is 0 Å². The van der Waals surface area contributed by atoms with E-state index in [0.717, 1.165) is 16.9 Å². The van der Waals surface area contributed by atoms with E-state index in [2.05, 4.69) is 19.2 Å². The fourth-order valence-corrected chi connectivity index (χ4v) is 1.43. The lowest BCUT2D eigenvalue weighted by atomic mass is 10.0. The average molecular weight is 200 g/mol. The first kappa shape index (κ1) is 11.3. The number of hydrogen-bond acceptors (Lipinski definition) is 1. The van der Waals surface area contributed by atoms with Crippen LogP contribution in [-0.2, 0) is 0 Å². The third-order valence-corrected chi connectivity index (χ3v) is 2.19. The van der Waals surface area contributed by atoms with Crippen molar-refractivity contribution >= 4 is 5.57 Å².